The van der Waals surface area contributed by atoms with Crippen LogP contribution in [0.3, 0.4) is 0 Å². The normalized spacial score (nSPS) is 40.4. The molecule has 2 unspecified atom stereocenters. The Labute approximate surface area is 434 Å². The topological polar surface area (TPSA) is 240 Å². The van der Waals surface area contributed by atoms with Crippen molar-refractivity contribution in [3.63, 3.8) is 0 Å². The number of aliphatic hydroxyl groups excluding tert-OH is 3. The minimum absolute atomic E-state index is 0.0572. The molecule has 4 saturated heterocycles. The molecule has 1 aromatic heterocycles. The number of carbonyl (C=O) groups is 2. The maximum absolute atomic E-state index is 14.5. The number of halogens is 2. The third kappa shape index (κ3) is 13.8. The number of aryl methyl sites for hydroxylation is 1. The van der Waals surface area contributed by atoms with Gasteiger partial charge in [-0.1, -0.05) is 26.0 Å². The Balaban J connectivity index is 1.20. The molecule has 5 heterocycles. The number of ether oxygens (including phenoxy) is 7. The first-order chi connectivity index (χ1) is 34.6. The summed E-state index contributed by atoms with van der Waals surface area (Å²) in [5.74, 6) is -4.50. The first kappa shape index (κ1) is 59.7. The van der Waals surface area contributed by atoms with E-state index >= 15 is 0 Å². The van der Waals surface area contributed by atoms with Crippen molar-refractivity contribution in [2.75, 3.05) is 45.7 Å². The van der Waals surface area contributed by atoms with Crippen LogP contribution >= 0.6 is 0 Å². The molecule has 0 aliphatic carbocycles. The van der Waals surface area contributed by atoms with Crippen molar-refractivity contribution in [2.24, 2.45) is 17.8 Å². The second-order valence-electron chi connectivity index (χ2n) is 22.5. The predicted molar refractivity (Wildman–Crippen MR) is 265 cm³/mol. The zero-order chi connectivity index (χ0) is 54.8. The van der Waals surface area contributed by atoms with Crippen LogP contribution in [0, 0.1) is 29.4 Å². The standard InChI is InChI=1S/C52H84F2N6O14/c1-14-40-52(10,67)44(62)32(6)58(12)24-28(2)22-50(8,66)46(30(4)43(31(5)47(64)72-40)73-41-23-51(9,68-13)45(63)33(7)70-41)74-48-42(61)39(18-29(3)69-48)57(11)17-15-16-36-25-59(56-55-36)26-38-27-60(49(65)71-38)37-20-34(53)19-35(54)21-37/h19-21,25,28-33,38-46,48,61-63,66-67H,14-18,22-24,26-27H2,1-13H3/t28-,29-,30?,31-,32-,33+,38+,39+,40-,41+,42-,43+,44?,45+,46-,48+,50-,51-,52-/m1/s1. The number of hydrogen-bond donors (Lipinski definition) is 5. The molecule has 1 amide bonds. The monoisotopic (exact) mass is 1050 g/mol. The Morgan fingerprint density at radius 2 is 1.59 bits per heavy atom. The zero-order valence-corrected chi connectivity index (χ0v) is 45.5. The molecule has 420 valence electrons. The number of aromatic nitrogens is 3. The third-order valence-corrected chi connectivity index (χ3v) is 16.1. The van der Waals surface area contributed by atoms with Gasteiger partial charge < -0.3 is 68.5 Å². The Morgan fingerprint density at radius 3 is 2.24 bits per heavy atom. The molecule has 6 rings (SSSR count). The molecule has 4 aliphatic rings. The summed E-state index contributed by atoms with van der Waals surface area (Å²) in [6.07, 6.45) is -7.89. The highest BCUT2D eigenvalue weighted by atomic mass is 19.1. The van der Waals surface area contributed by atoms with Crippen LogP contribution in [0.5, 0.6) is 0 Å². The number of amides is 1. The summed E-state index contributed by atoms with van der Waals surface area (Å²) >= 11 is 0. The molecule has 1 aromatic carbocycles. The van der Waals surface area contributed by atoms with E-state index in [1.807, 2.05) is 37.7 Å². The molecule has 4 aliphatic heterocycles. The SMILES string of the molecule is CC[C@H]1OC(=O)[C@H](C)[C@@H](O[C@H]2C[C@@](C)(OC)[C@@H](O)[C@H](C)O2)C(C)[C@@H](O[C@@H]2O[C@H](C)C[C@H](N(C)CCCc3cn(C[C@H]4CN(c5cc(F)cc(F)c5)C(=O)O4)nn3)[C@H]2O)[C@](C)(O)C[C@@H](C)CN(C)[C@H](C)C(O)[C@]1(C)O. The van der Waals surface area contributed by atoms with Gasteiger partial charge in [-0.25, -0.2) is 18.3 Å². The Hall–Kier alpha value is -3.52. The minimum atomic E-state index is -1.86. The fourth-order valence-corrected chi connectivity index (χ4v) is 11.6. The van der Waals surface area contributed by atoms with Crippen LogP contribution in [-0.2, 0) is 50.9 Å². The van der Waals surface area contributed by atoms with Gasteiger partial charge in [0.15, 0.2) is 12.6 Å². The first-order valence-electron chi connectivity index (χ1n) is 26.2. The zero-order valence-electron chi connectivity index (χ0n) is 45.5. The average molecular weight is 1060 g/mol. The molecular formula is C52H84F2N6O14. The Morgan fingerprint density at radius 1 is 0.919 bits per heavy atom. The summed E-state index contributed by atoms with van der Waals surface area (Å²) in [6, 6.07) is 1.81. The lowest BCUT2D eigenvalue weighted by molar-refractivity contribution is -0.318. The van der Waals surface area contributed by atoms with Gasteiger partial charge in [0.25, 0.3) is 0 Å². The highest BCUT2D eigenvalue weighted by Gasteiger charge is 2.53. The van der Waals surface area contributed by atoms with Crippen LogP contribution in [0.25, 0.3) is 0 Å². The number of rotatable bonds is 14. The molecule has 22 heteroatoms. The molecular weight excluding hydrogens is 971 g/mol. The van der Waals surface area contributed by atoms with Gasteiger partial charge in [-0.05, 0) is 119 Å². The maximum Gasteiger partial charge on any atom is 0.414 e. The summed E-state index contributed by atoms with van der Waals surface area (Å²) in [5, 5.41) is 68.2. The summed E-state index contributed by atoms with van der Waals surface area (Å²) in [4.78, 5) is 32.2. The Kier molecular flexibility index (Phi) is 19.7. The summed E-state index contributed by atoms with van der Waals surface area (Å²) in [6.45, 7) is 18.5. The number of aliphatic hydroxyl groups is 5. The molecule has 20 nitrogen and oxygen atoms in total. The van der Waals surface area contributed by atoms with Crippen molar-refractivity contribution >= 4 is 17.7 Å². The molecule has 4 fully saturated rings. The van der Waals surface area contributed by atoms with E-state index in [0.717, 1.165) is 18.2 Å². The summed E-state index contributed by atoms with van der Waals surface area (Å²) in [5.41, 5.74) is -3.86. The predicted octanol–water partition coefficient (Wildman–Crippen LogP) is 3.80. The van der Waals surface area contributed by atoms with E-state index in [2.05, 4.69) is 10.3 Å². The van der Waals surface area contributed by atoms with E-state index in [9.17, 15) is 43.9 Å². The molecule has 74 heavy (non-hydrogen) atoms. The number of anilines is 1. The molecule has 0 bridgehead atoms. The highest BCUT2D eigenvalue weighted by molar-refractivity contribution is 5.89. The number of cyclic esters (lactones) is 2. The van der Waals surface area contributed by atoms with E-state index in [0.29, 0.717) is 38.0 Å². The maximum atomic E-state index is 14.5. The van der Waals surface area contributed by atoms with Crippen molar-refractivity contribution in [3.8, 4) is 0 Å². The number of methoxy groups -OCH3 is 1. The van der Waals surface area contributed by atoms with Crippen LogP contribution in [-0.4, -0.2) is 200 Å². The van der Waals surface area contributed by atoms with Crippen molar-refractivity contribution < 1.29 is 77.1 Å². The van der Waals surface area contributed by atoms with Crippen LogP contribution in [0.15, 0.2) is 24.4 Å². The third-order valence-electron chi connectivity index (χ3n) is 16.1. The Bertz CT molecular complexity index is 2160. The molecule has 19 atom stereocenters. The summed E-state index contributed by atoms with van der Waals surface area (Å²) in [7, 11) is 5.21. The minimum Gasteiger partial charge on any atom is -0.459 e. The number of hydrogen-bond acceptors (Lipinski definition) is 18. The lowest BCUT2D eigenvalue weighted by Gasteiger charge is -2.49. The quantitative estimate of drug-likeness (QED) is 0.169. The van der Waals surface area contributed by atoms with Gasteiger partial charge in [0.2, 0.25) is 0 Å². The highest BCUT2D eigenvalue weighted by Crippen LogP contribution is 2.40. The number of carbonyl (C=O) groups excluding carboxylic acids is 2. The second kappa shape index (κ2) is 24.4. The fourth-order valence-electron chi connectivity index (χ4n) is 11.6. The molecule has 0 spiro atoms. The summed E-state index contributed by atoms with van der Waals surface area (Å²) < 4.78 is 73.0. The molecule has 0 saturated carbocycles. The number of likely N-dealkylation sites (N-methyl/N-ethyl adjacent to an activating group) is 2. The lowest BCUT2D eigenvalue weighted by atomic mass is 9.77. The van der Waals surface area contributed by atoms with E-state index in [1.165, 1.54) is 18.9 Å². The fraction of sp³-hybridized carbons (Fsp3) is 0.808. The van der Waals surface area contributed by atoms with Gasteiger partial charge in [0.1, 0.15) is 47.8 Å². The average Bonchev–Trinajstić information content (AvgIpc) is 3.94. The number of esters is 1. The van der Waals surface area contributed by atoms with Gasteiger partial charge in [-0.3, -0.25) is 9.69 Å². The number of benzene rings is 1. The first-order valence-corrected chi connectivity index (χ1v) is 26.2. The van der Waals surface area contributed by atoms with Gasteiger partial charge in [-0.15, -0.1) is 5.10 Å². The van der Waals surface area contributed by atoms with E-state index in [4.69, 9.17) is 33.2 Å². The van der Waals surface area contributed by atoms with Gasteiger partial charge in [0, 0.05) is 50.3 Å². The molecule has 0 radical (unpaired) electrons. The van der Waals surface area contributed by atoms with Crippen LogP contribution in [0.4, 0.5) is 19.3 Å². The van der Waals surface area contributed by atoms with E-state index in [1.54, 1.807) is 59.3 Å². The van der Waals surface area contributed by atoms with Crippen LogP contribution in [0.2, 0.25) is 0 Å². The van der Waals surface area contributed by atoms with Gasteiger partial charge >= 0.3 is 12.1 Å². The van der Waals surface area contributed by atoms with Crippen molar-refractivity contribution in [2.45, 2.75) is 211 Å². The van der Waals surface area contributed by atoms with E-state index < -0.39 is 132 Å². The van der Waals surface area contributed by atoms with Crippen LogP contribution in [0.1, 0.15) is 107 Å². The van der Waals surface area contributed by atoms with E-state index in [-0.39, 0.29) is 44.0 Å². The van der Waals surface area contributed by atoms with Crippen LogP contribution < -0.4 is 4.90 Å². The largest absolute Gasteiger partial charge is 0.459 e. The smallest absolute Gasteiger partial charge is 0.414 e. The lowest BCUT2D eigenvalue weighted by Crippen LogP contribution is -2.60. The number of nitrogens with zero attached hydrogens (tertiary/aromatic N) is 6. The van der Waals surface area contributed by atoms with Gasteiger partial charge in [0.05, 0.1) is 66.0 Å². The van der Waals surface area contributed by atoms with Gasteiger partial charge in [-0.2, -0.15) is 0 Å². The molecule has 2 aromatic rings. The van der Waals surface area contributed by atoms with Crippen molar-refractivity contribution in [1.29, 1.82) is 0 Å². The second-order valence-corrected chi connectivity index (χ2v) is 22.5. The van der Waals surface area contributed by atoms with Crippen molar-refractivity contribution in [3.05, 3.63) is 41.7 Å². The molecule has 5 N–H and O–H groups in total. The van der Waals surface area contributed by atoms with Crippen molar-refractivity contribution in [1.82, 2.24) is 24.8 Å².